The first-order chi connectivity index (χ1) is 10.3. The van der Waals surface area contributed by atoms with Gasteiger partial charge in [-0.3, -0.25) is 4.40 Å². The Bertz CT molecular complexity index is 684. The predicted octanol–water partition coefficient (Wildman–Crippen LogP) is 2.46. The molecule has 5 nitrogen and oxygen atoms in total. The molecule has 0 saturated carbocycles. The monoisotopic (exact) mass is 321 g/mol. The Morgan fingerprint density at radius 1 is 1.29 bits per heavy atom. The summed E-state index contributed by atoms with van der Waals surface area (Å²) in [5, 5.41) is 20.9. The van der Waals surface area contributed by atoms with Crippen LogP contribution in [0.2, 0.25) is 0 Å². The minimum Gasteiger partial charge on any atom is -0.390 e. The molecule has 21 heavy (non-hydrogen) atoms. The molecule has 1 atom stereocenters. The van der Waals surface area contributed by atoms with Crippen LogP contribution in [0.1, 0.15) is 4.88 Å². The van der Waals surface area contributed by atoms with Crippen molar-refractivity contribution in [3.8, 4) is 0 Å². The van der Waals surface area contributed by atoms with E-state index >= 15 is 0 Å². The van der Waals surface area contributed by atoms with E-state index < -0.39 is 6.10 Å². The minimum atomic E-state index is -0.522. The van der Waals surface area contributed by atoms with Crippen molar-refractivity contribution < 1.29 is 9.84 Å². The van der Waals surface area contributed by atoms with Gasteiger partial charge in [0.25, 0.3) is 0 Å². The van der Waals surface area contributed by atoms with Gasteiger partial charge in [0.15, 0.2) is 10.8 Å². The van der Waals surface area contributed by atoms with E-state index in [0.717, 1.165) is 10.8 Å². The third-order valence-corrected chi connectivity index (χ3v) is 4.76. The molecule has 0 radical (unpaired) electrons. The highest BCUT2D eigenvalue weighted by Crippen LogP contribution is 2.18. The molecule has 3 heterocycles. The maximum atomic E-state index is 9.95. The number of fused-ring (bicyclic) bond motifs is 1. The number of aliphatic hydroxyl groups excluding tert-OH is 1. The molecule has 110 valence electrons. The molecule has 0 aliphatic rings. The second-order valence-corrected chi connectivity index (χ2v) is 6.49. The number of nitrogens with zero attached hydrogens (tertiary/aromatic N) is 3. The molecule has 0 fully saturated rings. The molecule has 0 bridgehead atoms. The molecule has 0 saturated heterocycles. The maximum Gasteiger partial charge on any atom is 0.195 e. The average molecular weight is 321 g/mol. The first-order valence-electron chi connectivity index (χ1n) is 6.53. The third-order valence-electron chi connectivity index (χ3n) is 2.82. The van der Waals surface area contributed by atoms with Crippen molar-refractivity contribution in [1.29, 1.82) is 0 Å². The number of rotatable bonds is 7. The van der Waals surface area contributed by atoms with E-state index in [0.29, 0.717) is 19.0 Å². The van der Waals surface area contributed by atoms with Gasteiger partial charge in [-0.2, -0.15) is 0 Å². The normalized spacial score (nSPS) is 12.8. The van der Waals surface area contributed by atoms with E-state index in [1.165, 1.54) is 16.6 Å². The fraction of sp³-hybridized carbons (Fsp3) is 0.286. The van der Waals surface area contributed by atoms with Gasteiger partial charge in [-0.15, -0.1) is 21.5 Å². The zero-order chi connectivity index (χ0) is 14.5. The summed E-state index contributed by atoms with van der Waals surface area (Å²) >= 11 is 3.13. The Labute approximate surface area is 130 Å². The number of thiophene rings is 1. The lowest BCUT2D eigenvalue weighted by atomic mass is 10.4. The Kier molecular flexibility index (Phi) is 4.87. The number of hydrogen-bond donors (Lipinski definition) is 1. The third kappa shape index (κ3) is 3.82. The summed E-state index contributed by atoms with van der Waals surface area (Å²) < 4.78 is 7.41. The van der Waals surface area contributed by atoms with Crippen molar-refractivity contribution in [2.24, 2.45) is 0 Å². The molecule has 3 aromatic rings. The average Bonchev–Trinajstić information content (AvgIpc) is 3.14. The summed E-state index contributed by atoms with van der Waals surface area (Å²) in [6, 6.07) is 9.77. The van der Waals surface area contributed by atoms with E-state index in [1.807, 2.05) is 46.3 Å². The molecule has 0 aliphatic carbocycles. The number of pyridine rings is 1. The Morgan fingerprint density at radius 3 is 3.10 bits per heavy atom. The van der Waals surface area contributed by atoms with Gasteiger partial charge in [0.1, 0.15) is 0 Å². The summed E-state index contributed by atoms with van der Waals surface area (Å²) in [5.41, 5.74) is 0.809. The quantitative estimate of drug-likeness (QED) is 0.677. The topological polar surface area (TPSA) is 59.7 Å². The van der Waals surface area contributed by atoms with Crippen LogP contribution in [0.4, 0.5) is 0 Å². The van der Waals surface area contributed by atoms with E-state index in [-0.39, 0.29) is 0 Å². The van der Waals surface area contributed by atoms with Crippen LogP contribution in [0, 0.1) is 0 Å². The molecule has 3 rings (SSSR count). The highest BCUT2D eigenvalue weighted by Gasteiger charge is 2.10. The van der Waals surface area contributed by atoms with Crippen molar-refractivity contribution in [2.75, 3.05) is 12.4 Å². The van der Waals surface area contributed by atoms with Crippen LogP contribution in [0.3, 0.4) is 0 Å². The summed E-state index contributed by atoms with van der Waals surface area (Å²) in [6.07, 6.45) is 1.39. The van der Waals surface area contributed by atoms with E-state index in [4.69, 9.17) is 4.74 Å². The van der Waals surface area contributed by atoms with Gasteiger partial charge in [-0.1, -0.05) is 23.9 Å². The summed E-state index contributed by atoms with van der Waals surface area (Å²) in [6.45, 7) is 0.870. The van der Waals surface area contributed by atoms with Crippen LogP contribution in [0.15, 0.2) is 47.1 Å². The number of aliphatic hydroxyl groups is 1. The molecule has 3 aromatic heterocycles. The lowest BCUT2D eigenvalue weighted by Gasteiger charge is -2.09. The fourth-order valence-corrected chi connectivity index (χ4v) is 3.30. The largest absolute Gasteiger partial charge is 0.390 e. The molecular weight excluding hydrogens is 306 g/mol. The first kappa shape index (κ1) is 14.5. The molecule has 7 heteroatoms. The first-order valence-corrected chi connectivity index (χ1v) is 8.40. The molecule has 0 aliphatic heterocycles. The second kappa shape index (κ2) is 7.04. The summed E-state index contributed by atoms with van der Waals surface area (Å²) in [5.74, 6) is 0.528. The van der Waals surface area contributed by atoms with Crippen molar-refractivity contribution in [2.45, 2.75) is 17.9 Å². The SMILES string of the molecule is OC(COCc1cccs1)CSc1nnc2ccccn12. The van der Waals surface area contributed by atoms with Crippen molar-refractivity contribution >= 4 is 28.7 Å². The standard InChI is InChI=1S/C14H15N3O2S2/c18-11(8-19-9-12-4-3-7-20-12)10-21-14-16-15-13-5-1-2-6-17(13)14/h1-7,11,18H,8-10H2. The van der Waals surface area contributed by atoms with E-state index in [2.05, 4.69) is 10.2 Å². The summed E-state index contributed by atoms with van der Waals surface area (Å²) in [7, 11) is 0. The number of aromatic nitrogens is 3. The highest BCUT2D eigenvalue weighted by molar-refractivity contribution is 7.99. The van der Waals surface area contributed by atoms with Crippen LogP contribution in [0.5, 0.6) is 0 Å². The zero-order valence-electron chi connectivity index (χ0n) is 11.3. The smallest absolute Gasteiger partial charge is 0.195 e. The molecule has 1 N–H and O–H groups in total. The van der Waals surface area contributed by atoms with E-state index in [9.17, 15) is 5.11 Å². The number of hydrogen-bond acceptors (Lipinski definition) is 6. The van der Waals surface area contributed by atoms with Crippen molar-refractivity contribution in [1.82, 2.24) is 14.6 Å². The Hall–Kier alpha value is -1.41. The second-order valence-electron chi connectivity index (χ2n) is 4.47. The van der Waals surface area contributed by atoms with Crippen LogP contribution >= 0.6 is 23.1 Å². The molecular formula is C14H15N3O2S2. The highest BCUT2D eigenvalue weighted by atomic mass is 32.2. The lowest BCUT2D eigenvalue weighted by molar-refractivity contribution is 0.0409. The minimum absolute atomic E-state index is 0.321. The van der Waals surface area contributed by atoms with Gasteiger partial charge < -0.3 is 9.84 Å². The number of ether oxygens (including phenoxy) is 1. The Balaban J connectivity index is 1.46. The maximum absolute atomic E-state index is 9.95. The van der Waals surface area contributed by atoms with Gasteiger partial charge in [0.05, 0.1) is 19.3 Å². The lowest BCUT2D eigenvalue weighted by Crippen LogP contribution is -2.18. The van der Waals surface area contributed by atoms with Gasteiger partial charge in [0.2, 0.25) is 0 Å². The van der Waals surface area contributed by atoms with Crippen LogP contribution in [0.25, 0.3) is 5.65 Å². The molecule has 1 unspecified atom stereocenters. The van der Waals surface area contributed by atoms with Crippen LogP contribution < -0.4 is 0 Å². The van der Waals surface area contributed by atoms with Crippen LogP contribution in [-0.4, -0.2) is 38.2 Å². The summed E-state index contributed by atoms with van der Waals surface area (Å²) in [4.78, 5) is 1.17. The molecule has 0 spiro atoms. The van der Waals surface area contributed by atoms with Gasteiger partial charge in [0, 0.05) is 16.8 Å². The fourth-order valence-electron chi connectivity index (χ4n) is 1.83. The molecule has 0 aromatic carbocycles. The Morgan fingerprint density at radius 2 is 2.24 bits per heavy atom. The van der Waals surface area contributed by atoms with Crippen molar-refractivity contribution in [3.63, 3.8) is 0 Å². The predicted molar refractivity (Wildman–Crippen MR) is 83.7 cm³/mol. The molecule has 0 amide bonds. The van der Waals surface area contributed by atoms with Gasteiger partial charge >= 0.3 is 0 Å². The van der Waals surface area contributed by atoms with E-state index in [1.54, 1.807) is 11.3 Å². The van der Waals surface area contributed by atoms with Gasteiger partial charge in [-0.25, -0.2) is 0 Å². The van der Waals surface area contributed by atoms with Crippen LogP contribution in [-0.2, 0) is 11.3 Å². The number of thioether (sulfide) groups is 1. The van der Waals surface area contributed by atoms with Gasteiger partial charge in [-0.05, 0) is 23.6 Å². The van der Waals surface area contributed by atoms with Crippen molar-refractivity contribution in [3.05, 3.63) is 46.8 Å². The zero-order valence-corrected chi connectivity index (χ0v) is 12.9.